The summed E-state index contributed by atoms with van der Waals surface area (Å²) in [5.74, 6) is 0.391. The fourth-order valence-corrected chi connectivity index (χ4v) is 1.54. The van der Waals surface area contributed by atoms with Crippen LogP contribution in [0.15, 0.2) is 24.3 Å². The van der Waals surface area contributed by atoms with Gasteiger partial charge in [0.05, 0.1) is 20.1 Å². The van der Waals surface area contributed by atoms with E-state index < -0.39 is 0 Å². The van der Waals surface area contributed by atoms with Crippen molar-refractivity contribution in [3.8, 4) is 5.75 Å². The summed E-state index contributed by atoms with van der Waals surface area (Å²) in [5.41, 5.74) is 0.877. The molecule has 0 spiro atoms. The SMILES string of the molecule is COc1ccc(CC(=O)NCC(=O)NC(C)C)cc1. The van der Waals surface area contributed by atoms with E-state index in [1.54, 1.807) is 19.2 Å². The maximum Gasteiger partial charge on any atom is 0.239 e. The number of methoxy groups -OCH3 is 1. The standard InChI is InChI=1S/C14H20N2O3/c1-10(2)16-14(18)9-15-13(17)8-11-4-6-12(19-3)7-5-11/h4-7,10H,8-9H2,1-3H3,(H,15,17)(H,16,18). The lowest BCUT2D eigenvalue weighted by atomic mass is 10.1. The van der Waals surface area contributed by atoms with Crippen LogP contribution < -0.4 is 15.4 Å². The molecule has 0 fully saturated rings. The van der Waals surface area contributed by atoms with Gasteiger partial charge in [0.1, 0.15) is 5.75 Å². The van der Waals surface area contributed by atoms with Gasteiger partial charge in [-0.2, -0.15) is 0 Å². The Labute approximate surface area is 113 Å². The summed E-state index contributed by atoms with van der Waals surface area (Å²) in [5, 5.41) is 5.29. The first-order valence-electron chi connectivity index (χ1n) is 6.20. The summed E-state index contributed by atoms with van der Waals surface area (Å²) in [6.07, 6.45) is 0.249. The molecule has 104 valence electrons. The van der Waals surface area contributed by atoms with Gasteiger partial charge in [-0.25, -0.2) is 0 Å². The molecule has 0 unspecified atom stereocenters. The first-order valence-corrected chi connectivity index (χ1v) is 6.20. The molecule has 2 N–H and O–H groups in total. The highest BCUT2D eigenvalue weighted by atomic mass is 16.5. The molecular weight excluding hydrogens is 244 g/mol. The highest BCUT2D eigenvalue weighted by Gasteiger charge is 2.07. The van der Waals surface area contributed by atoms with Crippen LogP contribution in [0.3, 0.4) is 0 Å². The van der Waals surface area contributed by atoms with E-state index in [-0.39, 0.29) is 30.8 Å². The van der Waals surface area contributed by atoms with Crippen LogP contribution in [0.25, 0.3) is 0 Å². The van der Waals surface area contributed by atoms with Crippen molar-refractivity contribution in [3.05, 3.63) is 29.8 Å². The third-order valence-electron chi connectivity index (χ3n) is 2.42. The van der Waals surface area contributed by atoms with E-state index in [1.807, 2.05) is 26.0 Å². The van der Waals surface area contributed by atoms with Crippen LogP contribution in [-0.2, 0) is 16.0 Å². The monoisotopic (exact) mass is 264 g/mol. The van der Waals surface area contributed by atoms with Gasteiger partial charge in [0, 0.05) is 6.04 Å². The average Bonchev–Trinajstić information content (AvgIpc) is 2.36. The summed E-state index contributed by atoms with van der Waals surface area (Å²) in [7, 11) is 1.59. The summed E-state index contributed by atoms with van der Waals surface area (Å²) in [6.45, 7) is 3.75. The van der Waals surface area contributed by atoms with Crippen molar-refractivity contribution >= 4 is 11.8 Å². The van der Waals surface area contributed by atoms with Crippen LogP contribution in [0.5, 0.6) is 5.75 Å². The number of hydrogen-bond donors (Lipinski definition) is 2. The smallest absolute Gasteiger partial charge is 0.239 e. The number of hydrogen-bond acceptors (Lipinski definition) is 3. The Bertz CT molecular complexity index is 427. The lowest BCUT2D eigenvalue weighted by Crippen LogP contribution is -2.40. The number of ether oxygens (including phenoxy) is 1. The molecule has 1 rings (SSSR count). The van der Waals surface area contributed by atoms with Crippen LogP contribution in [0.4, 0.5) is 0 Å². The van der Waals surface area contributed by atoms with Crippen LogP contribution >= 0.6 is 0 Å². The predicted molar refractivity (Wildman–Crippen MR) is 73.0 cm³/mol. The van der Waals surface area contributed by atoms with Crippen molar-refractivity contribution in [2.75, 3.05) is 13.7 Å². The Hall–Kier alpha value is -2.04. The van der Waals surface area contributed by atoms with E-state index in [4.69, 9.17) is 4.74 Å². The second-order valence-electron chi connectivity index (χ2n) is 4.52. The lowest BCUT2D eigenvalue weighted by Gasteiger charge is -2.09. The molecule has 0 atom stereocenters. The number of benzene rings is 1. The van der Waals surface area contributed by atoms with Gasteiger partial charge in [-0.3, -0.25) is 9.59 Å². The van der Waals surface area contributed by atoms with Gasteiger partial charge in [-0.1, -0.05) is 12.1 Å². The van der Waals surface area contributed by atoms with E-state index in [2.05, 4.69) is 10.6 Å². The van der Waals surface area contributed by atoms with Gasteiger partial charge in [0.25, 0.3) is 0 Å². The van der Waals surface area contributed by atoms with Crippen LogP contribution in [0.1, 0.15) is 19.4 Å². The normalized spacial score (nSPS) is 10.1. The molecule has 5 heteroatoms. The fourth-order valence-electron chi connectivity index (χ4n) is 1.54. The Morgan fingerprint density at radius 2 is 1.79 bits per heavy atom. The molecule has 0 aliphatic rings. The zero-order valence-corrected chi connectivity index (χ0v) is 11.5. The number of amides is 2. The molecule has 0 saturated carbocycles. The molecule has 0 heterocycles. The Morgan fingerprint density at radius 1 is 1.16 bits per heavy atom. The minimum absolute atomic E-state index is 0.00711. The molecule has 1 aromatic carbocycles. The number of rotatable bonds is 6. The number of carbonyl (C=O) groups excluding carboxylic acids is 2. The third-order valence-corrected chi connectivity index (χ3v) is 2.42. The Balaban J connectivity index is 2.36. The van der Waals surface area contributed by atoms with Gasteiger partial charge >= 0.3 is 0 Å². The first-order chi connectivity index (χ1) is 9.01. The van der Waals surface area contributed by atoms with Crippen molar-refractivity contribution in [2.45, 2.75) is 26.3 Å². The van der Waals surface area contributed by atoms with Crippen molar-refractivity contribution in [3.63, 3.8) is 0 Å². The third kappa shape index (κ3) is 5.90. The summed E-state index contributed by atoms with van der Waals surface area (Å²) >= 11 is 0. The van der Waals surface area contributed by atoms with E-state index in [0.29, 0.717) is 0 Å². The largest absolute Gasteiger partial charge is 0.497 e. The summed E-state index contributed by atoms with van der Waals surface area (Å²) in [4.78, 5) is 23.0. The lowest BCUT2D eigenvalue weighted by molar-refractivity contribution is -0.126. The number of nitrogens with one attached hydrogen (secondary N) is 2. The Morgan fingerprint density at radius 3 is 2.32 bits per heavy atom. The van der Waals surface area contributed by atoms with Gasteiger partial charge in [0.15, 0.2) is 0 Å². The van der Waals surface area contributed by atoms with Crippen molar-refractivity contribution in [1.29, 1.82) is 0 Å². The fraction of sp³-hybridized carbons (Fsp3) is 0.429. The van der Waals surface area contributed by atoms with Gasteiger partial charge in [0.2, 0.25) is 11.8 Å². The van der Waals surface area contributed by atoms with Crippen LogP contribution in [0.2, 0.25) is 0 Å². The second kappa shape index (κ2) is 7.41. The molecule has 0 aliphatic carbocycles. The van der Waals surface area contributed by atoms with Gasteiger partial charge in [-0.05, 0) is 31.5 Å². The second-order valence-corrected chi connectivity index (χ2v) is 4.52. The van der Waals surface area contributed by atoms with Crippen LogP contribution in [0, 0.1) is 0 Å². The van der Waals surface area contributed by atoms with Gasteiger partial charge < -0.3 is 15.4 Å². The molecule has 2 amide bonds. The van der Waals surface area contributed by atoms with E-state index >= 15 is 0 Å². The van der Waals surface area contributed by atoms with E-state index in [9.17, 15) is 9.59 Å². The predicted octanol–water partition coefficient (Wildman–Crippen LogP) is 0.878. The summed E-state index contributed by atoms with van der Waals surface area (Å²) in [6, 6.07) is 7.33. The minimum atomic E-state index is -0.182. The van der Waals surface area contributed by atoms with Gasteiger partial charge in [-0.15, -0.1) is 0 Å². The topological polar surface area (TPSA) is 67.4 Å². The van der Waals surface area contributed by atoms with Crippen LogP contribution in [-0.4, -0.2) is 31.5 Å². The molecule has 1 aromatic rings. The maximum atomic E-state index is 11.6. The first kappa shape index (κ1) is 15.0. The molecule has 0 aromatic heterocycles. The van der Waals surface area contributed by atoms with Crippen molar-refractivity contribution in [2.24, 2.45) is 0 Å². The molecule has 0 saturated heterocycles. The molecule has 0 bridgehead atoms. The van der Waals surface area contributed by atoms with E-state index in [1.165, 1.54) is 0 Å². The van der Waals surface area contributed by atoms with E-state index in [0.717, 1.165) is 11.3 Å². The average molecular weight is 264 g/mol. The molecule has 0 radical (unpaired) electrons. The number of carbonyl (C=O) groups is 2. The quantitative estimate of drug-likeness (QED) is 0.801. The molecule has 5 nitrogen and oxygen atoms in total. The zero-order valence-electron chi connectivity index (χ0n) is 11.5. The Kier molecular flexibility index (Phi) is 5.85. The minimum Gasteiger partial charge on any atom is -0.497 e. The highest BCUT2D eigenvalue weighted by Crippen LogP contribution is 2.11. The molecule has 19 heavy (non-hydrogen) atoms. The van der Waals surface area contributed by atoms with Crippen molar-refractivity contribution in [1.82, 2.24) is 10.6 Å². The molecule has 0 aliphatic heterocycles. The maximum absolute atomic E-state index is 11.6. The summed E-state index contributed by atoms with van der Waals surface area (Å²) < 4.78 is 5.04. The van der Waals surface area contributed by atoms with Crippen molar-refractivity contribution < 1.29 is 14.3 Å². The highest BCUT2D eigenvalue weighted by molar-refractivity contribution is 5.85. The molecular formula is C14H20N2O3. The zero-order chi connectivity index (χ0) is 14.3.